The van der Waals surface area contributed by atoms with Gasteiger partial charge in [0.1, 0.15) is 5.82 Å². The van der Waals surface area contributed by atoms with E-state index in [9.17, 15) is 10.4 Å². The van der Waals surface area contributed by atoms with Crippen molar-refractivity contribution in [3.8, 4) is 0 Å². The predicted octanol–water partition coefficient (Wildman–Crippen LogP) is -0.449. The minimum Gasteiger partial charge on any atom is -0.774 e. The van der Waals surface area contributed by atoms with Crippen LogP contribution in [0.25, 0.3) is 0 Å². The van der Waals surface area contributed by atoms with Gasteiger partial charge >= 0.3 is 0 Å². The average molecular weight is 157 g/mol. The van der Waals surface area contributed by atoms with Gasteiger partial charge in [-0.2, -0.15) is 4.85 Å². The van der Waals surface area contributed by atoms with Gasteiger partial charge in [-0.25, -0.2) is 4.85 Å². The van der Waals surface area contributed by atoms with E-state index in [1.807, 2.05) is 0 Å². The summed E-state index contributed by atoms with van der Waals surface area (Å²) in [4.78, 5) is 0.456. The second kappa shape index (κ2) is 2.57. The fourth-order valence-corrected chi connectivity index (χ4v) is 0.771. The molecule has 62 valence electrons. The Hall–Kier alpha value is -1.59. The van der Waals surface area contributed by atoms with Gasteiger partial charge < -0.3 is 15.7 Å². The molecule has 11 heavy (non-hydrogen) atoms. The standard InChI is InChI=1S/C5H9N4O2/c1-6-4-3-5(7-2)9(11)8(4)10/h3,6-7H,1-2H3/q-1. The van der Waals surface area contributed by atoms with E-state index >= 15 is 0 Å². The summed E-state index contributed by atoms with van der Waals surface area (Å²) in [5.74, 6) is 0.453. The summed E-state index contributed by atoms with van der Waals surface area (Å²) in [5, 5.41) is 26.8. The first-order valence-corrected chi connectivity index (χ1v) is 3.09. The van der Waals surface area contributed by atoms with Crippen LogP contribution in [0.5, 0.6) is 0 Å². The molecule has 0 atom stereocenters. The van der Waals surface area contributed by atoms with Crippen LogP contribution in [0.1, 0.15) is 0 Å². The Kier molecular flexibility index (Phi) is 1.75. The minimum atomic E-state index is 0.226. The fourth-order valence-electron chi connectivity index (χ4n) is 0.771. The van der Waals surface area contributed by atoms with Gasteiger partial charge in [-0.15, -0.1) is 0 Å². The number of nitrogens with zero attached hydrogens (tertiary/aromatic N) is 2. The second-order valence-corrected chi connectivity index (χ2v) is 1.96. The monoisotopic (exact) mass is 157 g/mol. The summed E-state index contributed by atoms with van der Waals surface area (Å²) >= 11 is 0. The second-order valence-electron chi connectivity index (χ2n) is 1.96. The molecule has 0 saturated carbocycles. The van der Waals surface area contributed by atoms with Crippen LogP contribution in [0.15, 0.2) is 6.07 Å². The van der Waals surface area contributed by atoms with Gasteiger partial charge in [-0.05, 0) is 0 Å². The number of aromatic nitrogens is 2. The summed E-state index contributed by atoms with van der Waals surface area (Å²) in [6.07, 6.45) is 0. The van der Waals surface area contributed by atoms with Gasteiger partial charge in [0.2, 0.25) is 0 Å². The Balaban J connectivity index is 3.12. The molecule has 0 amide bonds. The van der Waals surface area contributed by atoms with Gasteiger partial charge in [0, 0.05) is 7.05 Å². The number of anilines is 2. The molecule has 1 aromatic rings. The highest BCUT2D eigenvalue weighted by Crippen LogP contribution is 2.09. The summed E-state index contributed by atoms with van der Waals surface area (Å²) in [5.41, 5.74) is 0. The van der Waals surface area contributed by atoms with Crippen molar-refractivity contribution in [3.05, 3.63) is 16.5 Å². The van der Waals surface area contributed by atoms with E-state index in [1.54, 1.807) is 14.1 Å². The topological polar surface area (TPSA) is 79.0 Å². The van der Waals surface area contributed by atoms with E-state index in [0.29, 0.717) is 0 Å². The molecule has 6 heteroatoms. The van der Waals surface area contributed by atoms with E-state index in [2.05, 4.69) is 10.6 Å². The lowest BCUT2D eigenvalue weighted by Crippen LogP contribution is -2.37. The van der Waals surface area contributed by atoms with Crippen molar-refractivity contribution in [2.24, 2.45) is 0 Å². The summed E-state index contributed by atoms with van der Waals surface area (Å²) in [6, 6.07) is 1.43. The maximum atomic E-state index is 10.8. The molecule has 6 nitrogen and oxygen atoms in total. The van der Waals surface area contributed by atoms with Crippen LogP contribution in [-0.4, -0.2) is 18.9 Å². The Morgan fingerprint density at radius 3 is 2.36 bits per heavy atom. The highest BCUT2D eigenvalue weighted by molar-refractivity contribution is 5.44. The van der Waals surface area contributed by atoms with E-state index in [4.69, 9.17) is 0 Å². The number of nitrogens with one attached hydrogen (secondary N) is 2. The van der Waals surface area contributed by atoms with Crippen LogP contribution in [-0.2, 0) is 0 Å². The first-order valence-electron chi connectivity index (χ1n) is 3.09. The fraction of sp³-hybridized carbons (Fsp3) is 0.400. The average Bonchev–Trinajstić information content (AvgIpc) is 2.30. The molecular formula is C5H9N4O2-. The Morgan fingerprint density at radius 1 is 1.45 bits per heavy atom. The smallest absolute Gasteiger partial charge is 0.300 e. The molecule has 0 bridgehead atoms. The van der Waals surface area contributed by atoms with E-state index in [0.717, 1.165) is 0 Å². The van der Waals surface area contributed by atoms with Crippen molar-refractivity contribution in [3.63, 3.8) is 0 Å². The summed E-state index contributed by atoms with van der Waals surface area (Å²) in [6.45, 7) is 0. The van der Waals surface area contributed by atoms with Crippen molar-refractivity contribution in [1.29, 1.82) is 0 Å². The van der Waals surface area contributed by atoms with Crippen LogP contribution in [0.2, 0.25) is 0 Å². The molecule has 0 fully saturated rings. The first kappa shape index (κ1) is 7.52. The third-order valence-corrected chi connectivity index (χ3v) is 1.36. The van der Waals surface area contributed by atoms with Gasteiger partial charge in [0.25, 0.3) is 5.82 Å². The highest BCUT2D eigenvalue weighted by atomic mass is 16.6. The van der Waals surface area contributed by atoms with E-state index < -0.39 is 0 Å². The van der Waals surface area contributed by atoms with Gasteiger partial charge in [0.05, 0.1) is 13.1 Å². The molecule has 0 aliphatic heterocycles. The molecule has 0 unspecified atom stereocenters. The predicted molar refractivity (Wildman–Crippen MR) is 41.3 cm³/mol. The quantitative estimate of drug-likeness (QED) is 0.450. The highest BCUT2D eigenvalue weighted by Gasteiger charge is 2.06. The minimum absolute atomic E-state index is 0.226. The lowest BCUT2D eigenvalue weighted by Gasteiger charge is -2.14. The lowest BCUT2D eigenvalue weighted by atomic mass is 10.6. The molecule has 0 saturated heterocycles. The van der Waals surface area contributed by atoms with Crippen molar-refractivity contribution in [2.45, 2.75) is 0 Å². The van der Waals surface area contributed by atoms with Crippen molar-refractivity contribution in [2.75, 3.05) is 24.7 Å². The van der Waals surface area contributed by atoms with Gasteiger partial charge in [0.15, 0.2) is 0 Å². The largest absolute Gasteiger partial charge is 0.774 e. The molecule has 1 aromatic heterocycles. The van der Waals surface area contributed by atoms with Crippen molar-refractivity contribution >= 4 is 11.6 Å². The number of hydrogen-bond acceptors (Lipinski definition) is 4. The zero-order valence-electron chi connectivity index (χ0n) is 6.29. The Morgan fingerprint density at radius 2 is 2.09 bits per heavy atom. The zero-order chi connectivity index (χ0) is 8.43. The Labute approximate surface area is 63.6 Å². The summed E-state index contributed by atoms with van der Waals surface area (Å²) in [7, 11) is 3.15. The number of rotatable bonds is 2. The van der Waals surface area contributed by atoms with E-state index in [1.165, 1.54) is 6.07 Å². The van der Waals surface area contributed by atoms with E-state index in [-0.39, 0.29) is 21.3 Å². The Bertz CT molecular complexity index is 233. The summed E-state index contributed by atoms with van der Waals surface area (Å²) < 4.78 is 0. The first-order chi connectivity index (χ1) is 5.20. The van der Waals surface area contributed by atoms with Crippen molar-refractivity contribution < 1.29 is 4.85 Å². The third-order valence-electron chi connectivity index (χ3n) is 1.36. The third kappa shape index (κ3) is 1.02. The SMILES string of the molecule is CNc1cc(NC)[n+]([O-])n1[O-]. The number of hydrogen-bond donors (Lipinski definition) is 2. The maximum Gasteiger partial charge on any atom is 0.300 e. The van der Waals surface area contributed by atoms with Crippen LogP contribution in [0, 0.1) is 10.4 Å². The molecule has 0 aromatic carbocycles. The van der Waals surface area contributed by atoms with Gasteiger partial charge in [-0.3, -0.25) is 5.32 Å². The molecule has 0 aliphatic rings. The van der Waals surface area contributed by atoms with Crippen LogP contribution in [0.4, 0.5) is 11.6 Å². The zero-order valence-corrected chi connectivity index (χ0v) is 6.29. The molecule has 0 aliphatic carbocycles. The van der Waals surface area contributed by atoms with Gasteiger partial charge in [-0.1, -0.05) is 0 Å². The van der Waals surface area contributed by atoms with Crippen LogP contribution in [0.3, 0.4) is 0 Å². The molecule has 0 radical (unpaired) electrons. The molecule has 1 heterocycles. The normalized spacial score (nSPS) is 9.64. The molecule has 2 N–H and O–H groups in total. The van der Waals surface area contributed by atoms with Crippen LogP contribution >= 0.6 is 0 Å². The molecule has 0 spiro atoms. The molecular weight excluding hydrogens is 148 g/mol. The molecule has 1 rings (SSSR count). The lowest BCUT2D eigenvalue weighted by molar-refractivity contribution is -0.669. The van der Waals surface area contributed by atoms with Crippen LogP contribution < -0.4 is 15.5 Å². The van der Waals surface area contributed by atoms with Crippen molar-refractivity contribution in [1.82, 2.24) is 4.85 Å². The maximum absolute atomic E-state index is 10.8.